The van der Waals surface area contributed by atoms with Crippen LogP contribution in [-0.2, 0) is 11.3 Å². The van der Waals surface area contributed by atoms with Gasteiger partial charge in [0, 0.05) is 29.1 Å². The van der Waals surface area contributed by atoms with Crippen LogP contribution in [0.25, 0.3) is 10.8 Å². The first-order valence-corrected chi connectivity index (χ1v) is 12.8. The Balaban J connectivity index is 1.12. The largest absolute Gasteiger partial charge is 0.454 e. The van der Waals surface area contributed by atoms with Crippen molar-refractivity contribution in [2.45, 2.75) is 51.5 Å². The Morgan fingerprint density at radius 2 is 1.69 bits per heavy atom. The molecule has 0 radical (unpaired) electrons. The van der Waals surface area contributed by atoms with Crippen molar-refractivity contribution in [1.29, 1.82) is 0 Å². The summed E-state index contributed by atoms with van der Waals surface area (Å²) in [5.74, 6) is 4.01. The molecular weight excluding hydrogens is 440 g/mol. The molecule has 2 heterocycles. The second-order valence-electron chi connectivity index (χ2n) is 11.3. The maximum absolute atomic E-state index is 13.3. The molecule has 0 unspecified atom stereocenters. The van der Waals surface area contributed by atoms with E-state index in [1.165, 1.54) is 38.5 Å². The summed E-state index contributed by atoms with van der Waals surface area (Å²) >= 11 is 0. The van der Waals surface area contributed by atoms with Gasteiger partial charge < -0.3 is 19.4 Å². The van der Waals surface area contributed by atoms with Crippen LogP contribution in [0.1, 0.15) is 50.5 Å². The molecule has 4 bridgehead atoms. The Morgan fingerprint density at radius 3 is 2.46 bits per heavy atom. The molecule has 8 rings (SSSR count). The van der Waals surface area contributed by atoms with Crippen LogP contribution in [0.2, 0.25) is 0 Å². The highest BCUT2D eigenvalue weighted by molar-refractivity contribution is 6.02. The van der Waals surface area contributed by atoms with Crippen LogP contribution in [0.4, 0.5) is 5.69 Å². The quantitative estimate of drug-likeness (QED) is 0.548. The minimum absolute atomic E-state index is 0.0719. The second-order valence-corrected chi connectivity index (χ2v) is 11.3. The van der Waals surface area contributed by atoms with Crippen LogP contribution in [-0.4, -0.2) is 17.3 Å². The molecule has 1 amide bonds. The number of hydrogen-bond donors (Lipinski definition) is 1. The van der Waals surface area contributed by atoms with Gasteiger partial charge in [-0.15, -0.1) is 0 Å². The van der Waals surface area contributed by atoms with Gasteiger partial charge in [0.15, 0.2) is 11.5 Å². The molecule has 180 valence electrons. The average molecular weight is 471 g/mol. The first-order valence-electron chi connectivity index (χ1n) is 12.8. The monoisotopic (exact) mass is 470 g/mol. The fourth-order valence-corrected chi connectivity index (χ4v) is 7.83. The fourth-order valence-electron chi connectivity index (χ4n) is 7.83. The summed E-state index contributed by atoms with van der Waals surface area (Å²) in [6.07, 6.45) is 10.2. The number of carbonyl (C=O) groups is 1. The molecule has 1 aromatic heterocycles. The van der Waals surface area contributed by atoms with E-state index in [9.17, 15) is 9.59 Å². The number of nitrogens with zero attached hydrogens (tertiary/aromatic N) is 1. The van der Waals surface area contributed by atoms with Gasteiger partial charge in [-0.1, -0.05) is 12.1 Å². The van der Waals surface area contributed by atoms with Crippen LogP contribution in [0.3, 0.4) is 0 Å². The van der Waals surface area contributed by atoms with E-state index in [1.807, 2.05) is 48.7 Å². The number of benzene rings is 2. The lowest BCUT2D eigenvalue weighted by Gasteiger charge is -2.56. The van der Waals surface area contributed by atoms with E-state index in [0.29, 0.717) is 24.1 Å². The molecule has 6 heteroatoms. The lowest BCUT2D eigenvalue weighted by molar-refractivity contribution is -0.124. The zero-order valence-electron chi connectivity index (χ0n) is 19.8. The lowest BCUT2D eigenvalue weighted by atomic mass is 9.49. The predicted octanol–water partition coefficient (Wildman–Crippen LogP) is 5.32. The van der Waals surface area contributed by atoms with Crippen molar-refractivity contribution in [2.75, 3.05) is 12.1 Å². The number of pyridine rings is 1. The van der Waals surface area contributed by atoms with Crippen molar-refractivity contribution in [3.8, 4) is 11.5 Å². The first kappa shape index (κ1) is 21.0. The van der Waals surface area contributed by atoms with E-state index >= 15 is 0 Å². The summed E-state index contributed by atoms with van der Waals surface area (Å²) in [6, 6.07) is 13.3. The molecule has 0 saturated heterocycles. The molecule has 4 aliphatic carbocycles. The summed E-state index contributed by atoms with van der Waals surface area (Å²) in [5.41, 5.74) is 1.82. The standard InChI is InChI=1S/C29H30N2O4/c32-27(15-29-12-19-8-20(13-29)10-21(9-19)14-29)30-24-3-1-2-23-22(24)6-7-31(28(23)33)16-18-4-5-25-26(11-18)35-17-34-25/h1-7,11,19-21H,8-10,12-17H2,(H,30,32). The summed E-state index contributed by atoms with van der Waals surface area (Å²) in [4.78, 5) is 26.5. The number of anilines is 1. The Bertz CT molecular complexity index is 1360. The average Bonchev–Trinajstić information content (AvgIpc) is 3.28. The van der Waals surface area contributed by atoms with Gasteiger partial charge in [-0.25, -0.2) is 0 Å². The minimum Gasteiger partial charge on any atom is -0.454 e. The van der Waals surface area contributed by atoms with Crippen molar-refractivity contribution < 1.29 is 14.3 Å². The van der Waals surface area contributed by atoms with Crippen molar-refractivity contribution in [1.82, 2.24) is 4.57 Å². The highest BCUT2D eigenvalue weighted by Gasteiger charge is 2.51. The Morgan fingerprint density at radius 1 is 0.943 bits per heavy atom. The van der Waals surface area contributed by atoms with Crippen LogP contribution in [0.5, 0.6) is 11.5 Å². The Kier molecular flexibility index (Phi) is 4.73. The number of ether oxygens (including phenoxy) is 2. The molecular formula is C29H30N2O4. The number of aromatic nitrogens is 1. The summed E-state index contributed by atoms with van der Waals surface area (Å²) in [7, 11) is 0. The lowest BCUT2D eigenvalue weighted by Crippen LogP contribution is -2.47. The normalized spacial score (nSPS) is 27.9. The van der Waals surface area contributed by atoms with E-state index < -0.39 is 0 Å². The molecule has 1 N–H and O–H groups in total. The molecule has 0 atom stereocenters. The third-order valence-electron chi connectivity index (χ3n) is 8.78. The van der Waals surface area contributed by atoms with E-state index in [-0.39, 0.29) is 23.7 Å². The summed E-state index contributed by atoms with van der Waals surface area (Å²) in [6.45, 7) is 0.667. The molecule has 2 aromatic carbocycles. The fraction of sp³-hybridized carbons (Fsp3) is 0.448. The highest BCUT2D eigenvalue weighted by Crippen LogP contribution is 2.61. The second kappa shape index (κ2) is 7.87. The number of carbonyl (C=O) groups excluding carboxylic acids is 1. The maximum atomic E-state index is 13.3. The first-order chi connectivity index (χ1) is 17.0. The van der Waals surface area contributed by atoms with Crippen molar-refractivity contribution in [2.24, 2.45) is 23.2 Å². The van der Waals surface area contributed by atoms with E-state index in [2.05, 4.69) is 5.32 Å². The Hall–Kier alpha value is -3.28. The summed E-state index contributed by atoms with van der Waals surface area (Å²) < 4.78 is 12.5. The predicted molar refractivity (Wildman–Crippen MR) is 134 cm³/mol. The number of hydrogen-bond acceptors (Lipinski definition) is 4. The van der Waals surface area contributed by atoms with Crippen molar-refractivity contribution in [3.05, 3.63) is 64.6 Å². The number of rotatable bonds is 5. The van der Waals surface area contributed by atoms with Gasteiger partial charge in [0.2, 0.25) is 12.7 Å². The Labute approximate surface area is 204 Å². The third-order valence-corrected chi connectivity index (χ3v) is 8.78. The topological polar surface area (TPSA) is 69.6 Å². The van der Waals surface area contributed by atoms with Crippen LogP contribution in [0.15, 0.2) is 53.5 Å². The van der Waals surface area contributed by atoms with E-state index in [0.717, 1.165) is 40.1 Å². The summed E-state index contributed by atoms with van der Waals surface area (Å²) in [5, 5.41) is 4.57. The SMILES string of the molecule is O=C(CC12CC3CC(CC(C3)C1)C2)Nc1cccc2c(=O)n(Cc3ccc4c(c3)OCO4)ccc12. The highest BCUT2D eigenvalue weighted by atomic mass is 16.7. The molecule has 5 aliphatic rings. The molecule has 6 nitrogen and oxygen atoms in total. The molecule has 0 spiro atoms. The molecule has 4 saturated carbocycles. The molecule has 3 aromatic rings. The van der Waals surface area contributed by atoms with Crippen LogP contribution < -0.4 is 20.3 Å². The van der Waals surface area contributed by atoms with Gasteiger partial charge in [-0.3, -0.25) is 9.59 Å². The van der Waals surface area contributed by atoms with E-state index in [4.69, 9.17) is 9.47 Å². The van der Waals surface area contributed by atoms with Gasteiger partial charge in [-0.2, -0.15) is 0 Å². The molecule has 1 aliphatic heterocycles. The smallest absolute Gasteiger partial charge is 0.258 e. The zero-order valence-corrected chi connectivity index (χ0v) is 19.8. The van der Waals surface area contributed by atoms with Crippen LogP contribution >= 0.6 is 0 Å². The zero-order chi connectivity index (χ0) is 23.6. The van der Waals surface area contributed by atoms with Gasteiger partial charge in [-0.05, 0) is 97.6 Å². The van der Waals surface area contributed by atoms with Crippen molar-refractivity contribution in [3.63, 3.8) is 0 Å². The van der Waals surface area contributed by atoms with Gasteiger partial charge in [0.1, 0.15) is 0 Å². The van der Waals surface area contributed by atoms with Crippen LogP contribution in [0, 0.1) is 23.2 Å². The van der Waals surface area contributed by atoms with Crippen molar-refractivity contribution >= 4 is 22.4 Å². The third kappa shape index (κ3) is 3.70. The number of amides is 1. The molecule has 35 heavy (non-hydrogen) atoms. The minimum atomic E-state index is -0.0719. The van der Waals surface area contributed by atoms with Gasteiger partial charge >= 0.3 is 0 Å². The van der Waals surface area contributed by atoms with Gasteiger partial charge in [0.05, 0.1) is 6.54 Å². The number of fused-ring (bicyclic) bond motifs is 2. The maximum Gasteiger partial charge on any atom is 0.258 e. The number of nitrogens with one attached hydrogen (secondary N) is 1. The molecule has 4 fully saturated rings. The van der Waals surface area contributed by atoms with Gasteiger partial charge in [0.25, 0.3) is 5.56 Å². The van der Waals surface area contributed by atoms with E-state index in [1.54, 1.807) is 4.57 Å².